The normalized spacial score (nSPS) is 12.7. The second kappa shape index (κ2) is 5.72. The van der Waals surface area contributed by atoms with Crippen LogP contribution >= 0.6 is 11.3 Å². The second-order valence-electron chi connectivity index (χ2n) is 4.90. The summed E-state index contributed by atoms with van der Waals surface area (Å²) in [5.74, 6) is 0.863. The topological polar surface area (TPSA) is 48.1 Å². The molecule has 19 heavy (non-hydrogen) atoms. The van der Waals surface area contributed by atoms with Crippen LogP contribution in [-0.4, -0.2) is 11.1 Å². The Morgan fingerprint density at radius 3 is 2.58 bits per heavy atom. The first-order valence-corrected chi connectivity index (χ1v) is 7.25. The standard InChI is InChI=1S/C15H20N2OS/c1-9(2)18-13-7-5-6-12(8-13)14(16)15-10(3)17-11(4)19-15/h5-9,14H,16H2,1-4H3. The van der Waals surface area contributed by atoms with Gasteiger partial charge in [-0.3, -0.25) is 0 Å². The second-order valence-corrected chi connectivity index (χ2v) is 6.13. The van der Waals surface area contributed by atoms with Crippen molar-refractivity contribution in [3.05, 3.63) is 45.4 Å². The summed E-state index contributed by atoms with van der Waals surface area (Å²) in [5.41, 5.74) is 8.42. The molecule has 1 unspecified atom stereocenters. The zero-order valence-corrected chi connectivity index (χ0v) is 12.6. The van der Waals surface area contributed by atoms with Crippen LogP contribution in [0.2, 0.25) is 0 Å². The van der Waals surface area contributed by atoms with Crippen LogP contribution in [0.1, 0.15) is 41.0 Å². The van der Waals surface area contributed by atoms with E-state index in [1.54, 1.807) is 11.3 Å². The van der Waals surface area contributed by atoms with E-state index in [-0.39, 0.29) is 12.1 Å². The summed E-state index contributed by atoms with van der Waals surface area (Å²) in [4.78, 5) is 5.56. The highest BCUT2D eigenvalue weighted by Gasteiger charge is 2.16. The number of hydrogen-bond acceptors (Lipinski definition) is 4. The van der Waals surface area contributed by atoms with Gasteiger partial charge in [-0.15, -0.1) is 11.3 Å². The van der Waals surface area contributed by atoms with Gasteiger partial charge in [0.25, 0.3) is 0 Å². The molecule has 0 aliphatic carbocycles. The average Bonchev–Trinajstić information content (AvgIpc) is 2.67. The van der Waals surface area contributed by atoms with Crippen LogP contribution in [0, 0.1) is 13.8 Å². The van der Waals surface area contributed by atoms with Crippen molar-refractivity contribution in [2.45, 2.75) is 39.8 Å². The molecule has 1 aromatic heterocycles. The fourth-order valence-electron chi connectivity index (χ4n) is 2.04. The SMILES string of the molecule is Cc1nc(C)c(C(N)c2cccc(OC(C)C)c2)s1. The molecule has 2 N–H and O–H groups in total. The minimum atomic E-state index is -0.137. The van der Waals surface area contributed by atoms with E-state index < -0.39 is 0 Å². The van der Waals surface area contributed by atoms with Crippen molar-refractivity contribution in [3.63, 3.8) is 0 Å². The van der Waals surface area contributed by atoms with Gasteiger partial charge in [0.2, 0.25) is 0 Å². The third-order valence-electron chi connectivity index (χ3n) is 2.81. The summed E-state index contributed by atoms with van der Waals surface area (Å²) in [6.45, 7) is 8.05. The lowest BCUT2D eigenvalue weighted by atomic mass is 10.1. The molecule has 0 aliphatic heterocycles. The minimum absolute atomic E-state index is 0.137. The van der Waals surface area contributed by atoms with Gasteiger partial charge in [-0.1, -0.05) is 12.1 Å². The Balaban J connectivity index is 2.28. The molecule has 0 aliphatic rings. The number of thiazole rings is 1. The number of nitrogens with two attached hydrogens (primary N) is 1. The first-order chi connectivity index (χ1) is 8.97. The van der Waals surface area contributed by atoms with E-state index in [9.17, 15) is 0 Å². The molecule has 0 fully saturated rings. The van der Waals surface area contributed by atoms with Crippen molar-refractivity contribution in [3.8, 4) is 5.75 Å². The molecule has 2 aromatic rings. The van der Waals surface area contributed by atoms with Gasteiger partial charge in [-0.2, -0.15) is 0 Å². The molecule has 2 rings (SSSR count). The third kappa shape index (κ3) is 3.33. The number of rotatable bonds is 4. The Bertz CT molecular complexity index is 563. The minimum Gasteiger partial charge on any atom is -0.491 e. The maximum absolute atomic E-state index is 6.35. The summed E-state index contributed by atoms with van der Waals surface area (Å²) >= 11 is 1.66. The maximum Gasteiger partial charge on any atom is 0.120 e. The summed E-state index contributed by atoms with van der Waals surface area (Å²) in [6.07, 6.45) is 0.166. The van der Waals surface area contributed by atoms with E-state index in [0.29, 0.717) is 0 Å². The van der Waals surface area contributed by atoms with Crippen LogP contribution in [0.3, 0.4) is 0 Å². The first kappa shape index (κ1) is 14.0. The van der Waals surface area contributed by atoms with Gasteiger partial charge in [-0.25, -0.2) is 4.98 Å². The summed E-state index contributed by atoms with van der Waals surface area (Å²) < 4.78 is 5.71. The number of aromatic nitrogens is 1. The molecule has 0 radical (unpaired) electrons. The quantitative estimate of drug-likeness (QED) is 0.928. The van der Waals surface area contributed by atoms with Gasteiger partial charge >= 0.3 is 0 Å². The summed E-state index contributed by atoms with van der Waals surface area (Å²) in [5, 5.41) is 1.05. The van der Waals surface area contributed by atoms with Gasteiger partial charge < -0.3 is 10.5 Å². The van der Waals surface area contributed by atoms with Crippen molar-refractivity contribution in [2.75, 3.05) is 0 Å². The van der Waals surface area contributed by atoms with Crippen LogP contribution in [0.15, 0.2) is 24.3 Å². The van der Waals surface area contributed by atoms with Crippen LogP contribution in [0.4, 0.5) is 0 Å². The van der Waals surface area contributed by atoms with Gasteiger partial charge in [-0.05, 0) is 45.4 Å². The molecule has 102 valence electrons. The largest absolute Gasteiger partial charge is 0.491 e. The van der Waals surface area contributed by atoms with Crippen molar-refractivity contribution in [1.29, 1.82) is 0 Å². The number of aryl methyl sites for hydroxylation is 2. The molecule has 1 aromatic carbocycles. The van der Waals surface area contributed by atoms with E-state index in [4.69, 9.17) is 10.5 Å². The monoisotopic (exact) mass is 276 g/mol. The highest BCUT2D eigenvalue weighted by molar-refractivity contribution is 7.11. The highest BCUT2D eigenvalue weighted by atomic mass is 32.1. The predicted octanol–water partition coefficient (Wildman–Crippen LogP) is 3.60. The lowest BCUT2D eigenvalue weighted by Crippen LogP contribution is -2.12. The molecule has 3 nitrogen and oxygen atoms in total. The van der Waals surface area contributed by atoms with Gasteiger partial charge in [0.15, 0.2) is 0 Å². The van der Waals surface area contributed by atoms with E-state index in [0.717, 1.165) is 26.9 Å². The molecule has 0 bridgehead atoms. The van der Waals surface area contributed by atoms with Gasteiger partial charge in [0.1, 0.15) is 5.75 Å². The molecule has 4 heteroatoms. The number of ether oxygens (including phenoxy) is 1. The fraction of sp³-hybridized carbons (Fsp3) is 0.400. The highest BCUT2D eigenvalue weighted by Crippen LogP contribution is 2.29. The van der Waals surface area contributed by atoms with E-state index >= 15 is 0 Å². The molecule has 0 spiro atoms. The Hall–Kier alpha value is -1.39. The molecular formula is C15H20N2OS. The van der Waals surface area contributed by atoms with E-state index in [2.05, 4.69) is 4.98 Å². The molecule has 1 atom stereocenters. The van der Waals surface area contributed by atoms with Crippen LogP contribution in [-0.2, 0) is 0 Å². The van der Waals surface area contributed by atoms with E-state index in [1.807, 2.05) is 52.0 Å². The van der Waals surface area contributed by atoms with Crippen molar-refractivity contribution in [1.82, 2.24) is 4.98 Å². The van der Waals surface area contributed by atoms with Gasteiger partial charge in [0.05, 0.1) is 22.8 Å². The Kier molecular flexibility index (Phi) is 4.22. The number of benzene rings is 1. The molecule has 0 amide bonds. The van der Waals surface area contributed by atoms with Crippen molar-refractivity contribution >= 4 is 11.3 Å². The van der Waals surface area contributed by atoms with Crippen LogP contribution < -0.4 is 10.5 Å². The number of hydrogen-bond donors (Lipinski definition) is 1. The van der Waals surface area contributed by atoms with Crippen LogP contribution in [0.5, 0.6) is 5.75 Å². The summed E-state index contributed by atoms with van der Waals surface area (Å²) in [6, 6.07) is 7.85. The molecule has 0 saturated heterocycles. The predicted molar refractivity (Wildman–Crippen MR) is 79.8 cm³/mol. The lowest BCUT2D eigenvalue weighted by molar-refractivity contribution is 0.242. The van der Waals surface area contributed by atoms with Gasteiger partial charge in [0, 0.05) is 4.88 Å². The fourth-order valence-corrected chi connectivity index (χ4v) is 3.00. The van der Waals surface area contributed by atoms with Crippen LogP contribution in [0.25, 0.3) is 0 Å². The average molecular weight is 276 g/mol. The summed E-state index contributed by atoms with van der Waals surface area (Å²) in [7, 11) is 0. The van der Waals surface area contributed by atoms with E-state index in [1.165, 1.54) is 0 Å². The smallest absolute Gasteiger partial charge is 0.120 e. The van der Waals surface area contributed by atoms with Crippen molar-refractivity contribution in [2.24, 2.45) is 5.73 Å². The molecule has 1 heterocycles. The number of nitrogens with zero attached hydrogens (tertiary/aromatic N) is 1. The Morgan fingerprint density at radius 2 is 2.00 bits per heavy atom. The molecule has 0 saturated carbocycles. The Labute approximate surface area is 118 Å². The first-order valence-electron chi connectivity index (χ1n) is 6.43. The lowest BCUT2D eigenvalue weighted by Gasteiger charge is -2.14. The maximum atomic E-state index is 6.35. The van der Waals surface area contributed by atoms with Crippen molar-refractivity contribution < 1.29 is 4.74 Å². The zero-order chi connectivity index (χ0) is 14.0. The molecular weight excluding hydrogens is 256 g/mol. The third-order valence-corrected chi connectivity index (χ3v) is 3.97. The zero-order valence-electron chi connectivity index (χ0n) is 11.8. The Morgan fingerprint density at radius 1 is 1.26 bits per heavy atom.